The van der Waals surface area contributed by atoms with Gasteiger partial charge in [-0.25, -0.2) is 0 Å². The molecule has 0 N–H and O–H groups in total. The number of hydrogen-bond donors (Lipinski definition) is 0. The molecular formula is C16H21N3O5. The first-order chi connectivity index (χ1) is 11.3. The van der Waals surface area contributed by atoms with Gasteiger partial charge in [-0.15, -0.1) is 0 Å². The highest BCUT2D eigenvalue weighted by Gasteiger charge is 2.29. The van der Waals surface area contributed by atoms with Crippen molar-refractivity contribution < 1.29 is 14.6 Å². The fraction of sp³-hybridized carbons (Fsp3) is 0.562. The number of non-ortho nitro benzene ring substituents is 1. The smallest absolute Gasteiger partial charge is 0.279 e. The predicted octanol–water partition coefficient (Wildman–Crippen LogP) is 3.61. The number of nitrogens with zero attached hydrogens (tertiary/aromatic N) is 3. The molecule has 8 nitrogen and oxygen atoms in total. The van der Waals surface area contributed by atoms with E-state index in [0.29, 0.717) is 0 Å². The maximum Gasteiger partial charge on any atom is 0.279 e. The van der Waals surface area contributed by atoms with Gasteiger partial charge in [0.15, 0.2) is 0 Å². The van der Waals surface area contributed by atoms with Crippen LogP contribution >= 0.6 is 0 Å². The minimum Gasteiger partial charge on any atom is -0.339 e. The van der Waals surface area contributed by atoms with Crippen LogP contribution in [0, 0.1) is 27.2 Å². The molecule has 1 aliphatic rings. The third-order valence-corrected chi connectivity index (χ3v) is 4.70. The van der Waals surface area contributed by atoms with Gasteiger partial charge in [0, 0.05) is 24.7 Å². The molecule has 8 heteroatoms. The van der Waals surface area contributed by atoms with Gasteiger partial charge < -0.3 is 4.90 Å². The molecule has 1 aromatic rings. The first-order valence-corrected chi connectivity index (χ1v) is 8.03. The van der Waals surface area contributed by atoms with Crippen LogP contribution in [0.5, 0.6) is 0 Å². The summed E-state index contributed by atoms with van der Waals surface area (Å²) < 4.78 is 0. The molecule has 0 aromatic heterocycles. The zero-order valence-corrected chi connectivity index (χ0v) is 13.9. The van der Waals surface area contributed by atoms with E-state index in [0.717, 1.165) is 50.7 Å². The highest BCUT2D eigenvalue weighted by Crippen LogP contribution is 2.30. The largest absolute Gasteiger partial charge is 0.339 e. The summed E-state index contributed by atoms with van der Waals surface area (Å²) in [6.45, 7) is 1.45. The Balaban J connectivity index is 2.40. The first kappa shape index (κ1) is 17.8. The summed E-state index contributed by atoms with van der Waals surface area (Å²) in [5.41, 5.74) is -0.648. The molecular weight excluding hydrogens is 314 g/mol. The molecule has 1 amide bonds. The van der Waals surface area contributed by atoms with E-state index in [1.807, 2.05) is 0 Å². The van der Waals surface area contributed by atoms with Crippen molar-refractivity contribution in [3.8, 4) is 0 Å². The number of amides is 1. The molecule has 0 saturated heterocycles. The van der Waals surface area contributed by atoms with Gasteiger partial charge in [0.2, 0.25) is 0 Å². The van der Waals surface area contributed by atoms with Crippen LogP contribution in [0.4, 0.5) is 11.4 Å². The van der Waals surface area contributed by atoms with E-state index in [1.165, 1.54) is 6.92 Å². The lowest BCUT2D eigenvalue weighted by Crippen LogP contribution is -2.37. The summed E-state index contributed by atoms with van der Waals surface area (Å²) in [5, 5.41) is 22.2. The van der Waals surface area contributed by atoms with E-state index >= 15 is 0 Å². The molecule has 1 saturated carbocycles. The Morgan fingerprint density at radius 1 is 1.08 bits per heavy atom. The number of carbonyl (C=O) groups excluding carboxylic acids is 1. The van der Waals surface area contributed by atoms with E-state index in [1.54, 1.807) is 11.9 Å². The van der Waals surface area contributed by atoms with Crippen molar-refractivity contribution in [1.29, 1.82) is 0 Å². The Morgan fingerprint density at radius 3 is 2.17 bits per heavy atom. The molecule has 0 spiro atoms. The Kier molecular flexibility index (Phi) is 5.48. The van der Waals surface area contributed by atoms with Crippen LogP contribution in [0.25, 0.3) is 0 Å². The molecule has 0 bridgehead atoms. The molecule has 2 rings (SSSR count). The summed E-state index contributed by atoms with van der Waals surface area (Å²) in [6, 6.07) is 2.10. The summed E-state index contributed by atoms with van der Waals surface area (Å²) in [4.78, 5) is 35.2. The van der Waals surface area contributed by atoms with Gasteiger partial charge in [-0.1, -0.05) is 25.7 Å². The van der Waals surface area contributed by atoms with Crippen molar-refractivity contribution in [2.45, 2.75) is 51.5 Å². The molecule has 0 heterocycles. The van der Waals surface area contributed by atoms with Crippen LogP contribution in [0.15, 0.2) is 12.1 Å². The van der Waals surface area contributed by atoms with Crippen molar-refractivity contribution in [3.63, 3.8) is 0 Å². The third kappa shape index (κ3) is 3.69. The van der Waals surface area contributed by atoms with Crippen LogP contribution in [-0.4, -0.2) is 33.7 Å². The van der Waals surface area contributed by atoms with Gasteiger partial charge in [-0.05, 0) is 19.8 Å². The first-order valence-electron chi connectivity index (χ1n) is 8.03. The summed E-state index contributed by atoms with van der Waals surface area (Å²) in [6.07, 6.45) is 6.13. The zero-order valence-electron chi connectivity index (χ0n) is 13.9. The van der Waals surface area contributed by atoms with Crippen molar-refractivity contribution in [3.05, 3.63) is 43.5 Å². The van der Waals surface area contributed by atoms with E-state index in [2.05, 4.69) is 0 Å². The van der Waals surface area contributed by atoms with Gasteiger partial charge in [0.1, 0.15) is 0 Å². The lowest BCUT2D eigenvalue weighted by atomic mass is 10.0. The fourth-order valence-electron chi connectivity index (χ4n) is 3.20. The summed E-state index contributed by atoms with van der Waals surface area (Å²) in [7, 11) is 1.67. The Hall–Kier alpha value is -2.51. The number of nitro benzene ring substituents is 2. The lowest BCUT2D eigenvalue weighted by molar-refractivity contribution is -0.394. The van der Waals surface area contributed by atoms with Crippen LogP contribution in [-0.2, 0) is 0 Å². The third-order valence-electron chi connectivity index (χ3n) is 4.70. The highest BCUT2D eigenvalue weighted by molar-refractivity contribution is 5.97. The second-order valence-electron chi connectivity index (χ2n) is 6.21. The molecule has 0 radical (unpaired) electrons. The second kappa shape index (κ2) is 7.37. The average Bonchev–Trinajstić information content (AvgIpc) is 2.82. The maximum atomic E-state index is 12.8. The maximum absolute atomic E-state index is 12.8. The van der Waals surface area contributed by atoms with Crippen LogP contribution in [0.2, 0.25) is 0 Å². The standard InChI is InChI=1S/C16H21N3O5/c1-11-14(9-13(18(21)22)10-15(11)19(23)24)16(20)17(2)12-7-5-3-4-6-8-12/h9-10,12H,3-8H2,1-2H3. The minimum atomic E-state index is -0.713. The van der Waals surface area contributed by atoms with E-state index in [9.17, 15) is 25.0 Å². The molecule has 0 unspecified atom stereocenters. The monoisotopic (exact) mass is 335 g/mol. The number of nitro groups is 2. The van der Waals surface area contributed by atoms with Gasteiger partial charge in [-0.2, -0.15) is 0 Å². The molecule has 24 heavy (non-hydrogen) atoms. The summed E-state index contributed by atoms with van der Waals surface area (Å²) >= 11 is 0. The molecule has 130 valence electrons. The molecule has 1 aromatic carbocycles. The number of carbonyl (C=O) groups is 1. The van der Waals surface area contributed by atoms with Gasteiger partial charge in [-0.3, -0.25) is 25.0 Å². The van der Waals surface area contributed by atoms with Crippen LogP contribution in [0.3, 0.4) is 0 Å². The summed E-state index contributed by atoms with van der Waals surface area (Å²) in [5.74, 6) is -0.397. The fourth-order valence-corrected chi connectivity index (χ4v) is 3.20. The zero-order chi connectivity index (χ0) is 17.9. The van der Waals surface area contributed by atoms with Gasteiger partial charge in [0.05, 0.1) is 21.5 Å². The SMILES string of the molecule is Cc1c(C(=O)N(C)C2CCCCCC2)cc([N+](=O)[O-])cc1[N+](=O)[O-]. The second-order valence-corrected chi connectivity index (χ2v) is 6.21. The van der Waals surface area contributed by atoms with E-state index in [4.69, 9.17) is 0 Å². The number of benzene rings is 1. The quantitative estimate of drug-likeness (QED) is 0.474. The number of hydrogen-bond acceptors (Lipinski definition) is 5. The van der Waals surface area contributed by atoms with E-state index in [-0.39, 0.29) is 17.2 Å². The predicted molar refractivity (Wildman–Crippen MR) is 88.1 cm³/mol. The van der Waals surface area contributed by atoms with Crippen LogP contribution < -0.4 is 0 Å². The van der Waals surface area contributed by atoms with Gasteiger partial charge in [0.25, 0.3) is 17.3 Å². The van der Waals surface area contributed by atoms with Crippen molar-refractivity contribution in [2.75, 3.05) is 7.05 Å². The van der Waals surface area contributed by atoms with E-state index < -0.39 is 27.1 Å². The Labute approximate surface area is 139 Å². The molecule has 0 aliphatic heterocycles. The topological polar surface area (TPSA) is 107 Å². The van der Waals surface area contributed by atoms with Gasteiger partial charge >= 0.3 is 0 Å². The minimum absolute atomic E-state index is 0.0302. The molecule has 1 aliphatic carbocycles. The Morgan fingerprint density at radius 2 is 1.67 bits per heavy atom. The Bertz CT molecular complexity index is 666. The average molecular weight is 335 g/mol. The number of rotatable bonds is 4. The highest BCUT2D eigenvalue weighted by atomic mass is 16.6. The van der Waals surface area contributed by atoms with Crippen molar-refractivity contribution in [1.82, 2.24) is 4.90 Å². The van der Waals surface area contributed by atoms with Crippen molar-refractivity contribution in [2.24, 2.45) is 0 Å². The molecule has 0 atom stereocenters. The molecule has 1 fully saturated rings. The lowest BCUT2D eigenvalue weighted by Gasteiger charge is -2.27. The van der Waals surface area contributed by atoms with Crippen LogP contribution in [0.1, 0.15) is 54.4 Å². The van der Waals surface area contributed by atoms with Crippen molar-refractivity contribution >= 4 is 17.3 Å². The normalized spacial score (nSPS) is 15.6.